The van der Waals surface area contributed by atoms with Gasteiger partial charge < -0.3 is 15.6 Å². The van der Waals surface area contributed by atoms with Gasteiger partial charge >= 0.3 is 12.1 Å². The smallest absolute Gasteiger partial charge is 0.417 e. The van der Waals surface area contributed by atoms with Crippen molar-refractivity contribution in [2.45, 2.75) is 31.9 Å². The Labute approximate surface area is 111 Å². The molecule has 0 bridgehead atoms. The van der Waals surface area contributed by atoms with Gasteiger partial charge in [-0.2, -0.15) is 0 Å². The van der Waals surface area contributed by atoms with E-state index < -0.39 is 23.2 Å². The van der Waals surface area contributed by atoms with E-state index >= 15 is 0 Å². The third kappa shape index (κ3) is 3.36. The van der Waals surface area contributed by atoms with Crippen molar-refractivity contribution in [1.29, 1.82) is 0 Å². The van der Waals surface area contributed by atoms with Crippen LogP contribution in [-0.4, -0.2) is 33.2 Å². The molecule has 1 atom stereocenters. The summed E-state index contributed by atoms with van der Waals surface area (Å²) in [6, 6.07) is 0. The van der Waals surface area contributed by atoms with E-state index in [0.29, 0.717) is 3.81 Å². The van der Waals surface area contributed by atoms with Crippen molar-refractivity contribution in [3.05, 3.63) is 9.51 Å². The summed E-state index contributed by atoms with van der Waals surface area (Å²) in [5.41, 5.74) is 3.96. The van der Waals surface area contributed by atoms with Crippen LogP contribution in [0.15, 0.2) is 9.51 Å². The van der Waals surface area contributed by atoms with Gasteiger partial charge in [-0.1, -0.05) is 11.8 Å². The number of rotatable bonds is 1. The maximum absolute atomic E-state index is 11.8. The average molecular weight is 325 g/mol. The number of hydrogen-bond donors (Lipinski definition) is 2. The predicted octanol–water partition coefficient (Wildman–Crippen LogP) is 1.86. The molecule has 3 N–H and O–H groups in total. The van der Waals surface area contributed by atoms with Gasteiger partial charge in [-0.25, -0.2) is 14.5 Å². The lowest BCUT2D eigenvalue weighted by Crippen LogP contribution is -2.44. The second kappa shape index (κ2) is 4.87. The molecule has 8 heteroatoms. The van der Waals surface area contributed by atoms with Crippen molar-refractivity contribution in [3.8, 4) is 0 Å². The van der Waals surface area contributed by atoms with Crippen LogP contribution in [0, 0.1) is 0 Å². The highest BCUT2D eigenvalue weighted by molar-refractivity contribution is 9.14. The lowest BCUT2D eigenvalue weighted by atomic mass is 10.2. The molecule has 0 aromatic rings. The maximum Gasteiger partial charge on any atom is 0.417 e. The summed E-state index contributed by atoms with van der Waals surface area (Å²) in [7, 11) is 0. The minimum absolute atomic E-state index is 0.197. The van der Waals surface area contributed by atoms with E-state index in [-0.39, 0.29) is 5.70 Å². The van der Waals surface area contributed by atoms with Crippen molar-refractivity contribution in [3.63, 3.8) is 0 Å². The first-order valence-electron chi connectivity index (χ1n) is 4.71. The van der Waals surface area contributed by atoms with Gasteiger partial charge in [-0.3, -0.25) is 0 Å². The summed E-state index contributed by atoms with van der Waals surface area (Å²) in [6.07, 6.45) is -0.774. The predicted molar refractivity (Wildman–Crippen MR) is 67.2 cm³/mol. The van der Waals surface area contributed by atoms with Gasteiger partial charge in [-0.05, 0) is 36.7 Å². The molecule has 1 amide bonds. The molecule has 0 aromatic heterocycles. The van der Waals surface area contributed by atoms with E-state index in [4.69, 9.17) is 15.6 Å². The number of nitrogens with zero attached hydrogens (tertiary/aromatic N) is 1. The number of hydrogen-bond acceptors (Lipinski definition) is 5. The van der Waals surface area contributed by atoms with E-state index in [0.717, 1.165) is 16.7 Å². The van der Waals surface area contributed by atoms with Crippen LogP contribution in [0.4, 0.5) is 4.79 Å². The third-order valence-corrected chi connectivity index (χ3v) is 3.49. The average Bonchev–Trinajstić information content (AvgIpc) is 2.37. The first-order chi connectivity index (χ1) is 7.63. The number of amides is 1. The highest BCUT2D eigenvalue weighted by Crippen LogP contribution is 2.40. The highest BCUT2D eigenvalue weighted by atomic mass is 79.9. The van der Waals surface area contributed by atoms with E-state index in [1.54, 1.807) is 20.8 Å². The minimum Gasteiger partial charge on any atom is -0.477 e. The van der Waals surface area contributed by atoms with Crippen LogP contribution in [0.25, 0.3) is 0 Å². The Morgan fingerprint density at radius 3 is 2.47 bits per heavy atom. The van der Waals surface area contributed by atoms with Crippen LogP contribution in [0.3, 0.4) is 0 Å². The van der Waals surface area contributed by atoms with Crippen LogP contribution in [0.5, 0.6) is 0 Å². The molecule has 17 heavy (non-hydrogen) atoms. The Kier molecular flexibility index (Phi) is 4.11. The number of carboxylic acids is 1. The molecule has 0 spiro atoms. The topological polar surface area (TPSA) is 92.9 Å². The van der Waals surface area contributed by atoms with Crippen LogP contribution >= 0.6 is 27.7 Å². The van der Waals surface area contributed by atoms with Gasteiger partial charge in [-0.15, -0.1) is 0 Å². The largest absolute Gasteiger partial charge is 0.477 e. The summed E-state index contributed by atoms with van der Waals surface area (Å²) in [6.45, 7) is 5.08. The Balaban J connectivity index is 2.96. The standard InChI is InChI=1S/C9H13BrN2O4S/c1-9(2,3)16-8(15)12-4(6(13)14)5(10)17-7(12)11/h7H,11H2,1-3H3,(H,13,14)/t7-/m1/s1. The zero-order valence-electron chi connectivity index (χ0n) is 9.56. The van der Waals surface area contributed by atoms with Crippen molar-refractivity contribution in [2.75, 3.05) is 0 Å². The van der Waals surface area contributed by atoms with Crippen LogP contribution in [0.2, 0.25) is 0 Å². The summed E-state index contributed by atoms with van der Waals surface area (Å²) in [5, 5.41) is 9.01. The molecule has 0 saturated carbocycles. The molecule has 1 aliphatic rings. The van der Waals surface area contributed by atoms with Gasteiger partial charge in [0.1, 0.15) is 11.1 Å². The highest BCUT2D eigenvalue weighted by Gasteiger charge is 2.40. The van der Waals surface area contributed by atoms with Crippen LogP contribution in [0.1, 0.15) is 20.8 Å². The molecule has 96 valence electrons. The maximum atomic E-state index is 11.8. The number of carbonyl (C=O) groups is 2. The second-order valence-corrected chi connectivity index (χ2v) is 6.73. The molecule has 0 aromatic carbocycles. The SMILES string of the molecule is CC(C)(C)OC(=O)N1C(C(=O)O)=C(Br)S[C@@H]1N. The van der Waals surface area contributed by atoms with Crippen LogP contribution in [-0.2, 0) is 9.53 Å². The fourth-order valence-electron chi connectivity index (χ4n) is 1.13. The molecule has 1 rings (SSSR count). The summed E-state index contributed by atoms with van der Waals surface area (Å²) in [5.74, 6) is -1.23. The van der Waals surface area contributed by atoms with Gasteiger partial charge in [0, 0.05) is 0 Å². The zero-order valence-corrected chi connectivity index (χ0v) is 12.0. The number of carboxylic acid groups (broad SMARTS) is 1. The minimum atomic E-state index is -1.23. The number of halogens is 1. The monoisotopic (exact) mass is 324 g/mol. The van der Waals surface area contributed by atoms with E-state index in [1.165, 1.54) is 0 Å². The van der Waals surface area contributed by atoms with Crippen molar-refractivity contribution in [1.82, 2.24) is 4.90 Å². The van der Waals surface area contributed by atoms with Gasteiger partial charge in [0.15, 0.2) is 5.70 Å². The summed E-state index contributed by atoms with van der Waals surface area (Å²) in [4.78, 5) is 23.8. The first-order valence-corrected chi connectivity index (χ1v) is 6.38. The Bertz CT molecular complexity index is 391. The van der Waals surface area contributed by atoms with Crippen molar-refractivity contribution >= 4 is 39.8 Å². The molecular weight excluding hydrogens is 312 g/mol. The third-order valence-electron chi connectivity index (χ3n) is 1.70. The van der Waals surface area contributed by atoms with Gasteiger partial charge in [0.25, 0.3) is 0 Å². The van der Waals surface area contributed by atoms with Gasteiger partial charge in [0.2, 0.25) is 0 Å². The molecule has 6 nitrogen and oxygen atoms in total. The number of ether oxygens (including phenoxy) is 1. The fraction of sp³-hybridized carbons (Fsp3) is 0.556. The number of thioether (sulfide) groups is 1. The zero-order chi connectivity index (χ0) is 13.4. The molecule has 1 aliphatic heterocycles. The number of nitrogens with two attached hydrogens (primary N) is 1. The number of aliphatic carboxylic acids is 1. The second-order valence-electron chi connectivity index (χ2n) is 4.29. The Morgan fingerprint density at radius 2 is 2.06 bits per heavy atom. The van der Waals surface area contributed by atoms with Crippen molar-refractivity contribution < 1.29 is 19.4 Å². The molecule has 0 fully saturated rings. The normalized spacial score (nSPS) is 20.8. The van der Waals surface area contributed by atoms with E-state index in [1.807, 2.05) is 0 Å². The molecule has 0 unspecified atom stereocenters. The Morgan fingerprint density at radius 1 is 1.53 bits per heavy atom. The molecule has 1 heterocycles. The molecule has 0 aliphatic carbocycles. The summed E-state index contributed by atoms with van der Waals surface area (Å²) >= 11 is 4.10. The fourth-order valence-corrected chi connectivity index (χ4v) is 2.87. The lowest BCUT2D eigenvalue weighted by Gasteiger charge is -2.26. The summed E-state index contributed by atoms with van der Waals surface area (Å²) < 4.78 is 5.40. The molecule has 0 radical (unpaired) electrons. The Hall–Kier alpha value is -0.730. The van der Waals surface area contributed by atoms with Gasteiger partial charge in [0.05, 0.1) is 3.81 Å². The van der Waals surface area contributed by atoms with Crippen LogP contribution < -0.4 is 5.73 Å². The molecular formula is C9H13BrN2O4S. The van der Waals surface area contributed by atoms with E-state index in [9.17, 15) is 9.59 Å². The quantitative estimate of drug-likeness (QED) is 0.764. The van der Waals surface area contributed by atoms with Crippen molar-refractivity contribution in [2.24, 2.45) is 5.73 Å². The lowest BCUT2D eigenvalue weighted by molar-refractivity contribution is -0.134. The number of carbonyl (C=O) groups excluding carboxylic acids is 1. The van der Waals surface area contributed by atoms with E-state index in [2.05, 4.69) is 15.9 Å². The first kappa shape index (κ1) is 14.3. The molecule has 0 saturated heterocycles.